The zero-order valence-electron chi connectivity index (χ0n) is 9.69. The second kappa shape index (κ2) is 4.42. The van der Waals surface area contributed by atoms with Crippen molar-refractivity contribution in [1.29, 1.82) is 0 Å². The number of furan rings is 1. The van der Waals surface area contributed by atoms with Gasteiger partial charge in [-0.2, -0.15) is 0 Å². The summed E-state index contributed by atoms with van der Waals surface area (Å²) >= 11 is 3.19. The van der Waals surface area contributed by atoms with E-state index in [2.05, 4.69) is 21.2 Å². The van der Waals surface area contributed by atoms with E-state index in [1.54, 1.807) is 17.0 Å². The second-order valence-corrected chi connectivity index (χ2v) is 5.45. The van der Waals surface area contributed by atoms with Gasteiger partial charge >= 0.3 is 0 Å². The van der Waals surface area contributed by atoms with Crippen molar-refractivity contribution in [2.24, 2.45) is 5.92 Å². The molecule has 0 spiro atoms. The maximum absolute atomic E-state index is 12.3. The van der Waals surface area contributed by atoms with Crippen molar-refractivity contribution in [3.63, 3.8) is 0 Å². The average Bonchev–Trinajstić information content (AvgIpc) is 2.96. The Morgan fingerprint density at radius 2 is 2.33 bits per heavy atom. The molecule has 1 N–H and O–H groups in total. The number of piperidine rings is 1. The maximum atomic E-state index is 12.3. The lowest BCUT2D eigenvalue weighted by Crippen LogP contribution is -2.48. The first-order valence-electron chi connectivity index (χ1n) is 6.01. The molecule has 5 nitrogen and oxygen atoms in total. The largest absolute Gasteiger partial charge is 0.444 e. The lowest BCUT2D eigenvalue weighted by Gasteiger charge is -2.35. The monoisotopic (exact) mass is 312 g/mol. The number of nitrogens with one attached hydrogen (secondary N) is 1. The first-order valence-corrected chi connectivity index (χ1v) is 6.80. The molecule has 1 aromatic rings. The molecule has 3 heterocycles. The van der Waals surface area contributed by atoms with Gasteiger partial charge in [-0.3, -0.25) is 9.59 Å². The summed E-state index contributed by atoms with van der Waals surface area (Å²) in [7, 11) is 0. The Hall–Kier alpha value is -1.30. The number of carbonyl (C=O) groups is 2. The Labute approximate surface area is 113 Å². The van der Waals surface area contributed by atoms with Gasteiger partial charge in [0.1, 0.15) is 0 Å². The molecule has 1 aromatic heterocycles. The molecule has 2 aliphatic rings. The number of halogens is 1. The van der Waals surface area contributed by atoms with Gasteiger partial charge in [-0.25, -0.2) is 0 Å². The molecule has 2 fully saturated rings. The fraction of sp³-hybridized carbons (Fsp3) is 0.500. The number of nitrogens with zero attached hydrogens (tertiary/aromatic N) is 1. The lowest BCUT2D eigenvalue weighted by molar-refractivity contribution is -0.123. The highest BCUT2D eigenvalue weighted by molar-refractivity contribution is 9.10. The molecule has 2 atom stereocenters. The molecule has 3 rings (SSSR count). The van der Waals surface area contributed by atoms with E-state index in [-0.39, 0.29) is 23.8 Å². The van der Waals surface area contributed by atoms with E-state index in [1.165, 1.54) is 0 Å². The van der Waals surface area contributed by atoms with Crippen molar-refractivity contribution in [2.45, 2.75) is 18.9 Å². The summed E-state index contributed by atoms with van der Waals surface area (Å²) in [6.07, 6.45) is 1.73. The zero-order valence-corrected chi connectivity index (χ0v) is 11.3. The summed E-state index contributed by atoms with van der Waals surface area (Å²) in [4.78, 5) is 25.7. The molecule has 2 saturated heterocycles. The quantitative estimate of drug-likeness (QED) is 0.852. The van der Waals surface area contributed by atoms with Gasteiger partial charge in [0, 0.05) is 13.1 Å². The van der Waals surface area contributed by atoms with Crippen LogP contribution in [0.4, 0.5) is 0 Å². The number of hydrogen-bond donors (Lipinski definition) is 1. The summed E-state index contributed by atoms with van der Waals surface area (Å²) < 4.78 is 5.84. The summed E-state index contributed by atoms with van der Waals surface area (Å²) in [5.41, 5.74) is 0. The van der Waals surface area contributed by atoms with Crippen LogP contribution >= 0.6 is 15.9 Å². The fourth-order valence-corrected chi connectivity index (χ4v) is 3.08. The van der Waals surface area contributed by atoms with Crippen LogP contribution in [0.1, 0.15) is 23.4 Å². The molecule has 2 unspecified atom stereocenters. The highest BCUT2D eigenvalue weighted by Crippen LogP contribution is 2.29. The van der Waals surface area contributed by atoms with E-state index in [4.69, 9.17) is 4.42 Å². The number of carbonyl (C=O) groups excluding carboxylic acids is 2. The maximum Gasteiger partial charge on any atom is 0.289 e. The van der Waals surface area contributed by atoms with Crippen molar-refractivity contribution in [3.8, 4) is 0 Å². The summed E-state index contributed by atoms with van der Waals surface area (Å²) in [5.74, 6) is 0.202. The van der Waals surface area contributed by atoms with E-state index in [0.29, 0.717) is 23.5 Å². The molecule has 6 heteroatoms. The van der Waals surface area contributed by atoms with E-state index in [9.17, 15) is 9.59 Å². The number of likely N-dealkylation sites (tertiary alicyclic amines) is 1. The van der Waals surface area contributed by atoms with Gasteiger partial charge in [0.2, 0.25) is 5.91 Å². The van der Waals surface area contributed by atoms with Crippen molar-refractivity contribution < 1.29 is 14.0 Å². The van der Waals surface area contributed by atoms with Gasteiger partial charge in [0.05, 0.1) is 12.0 Å². The van der Waals surface area contributed by atoms with Crippen molar-refractivity contribution in [3.05, 3.63) is 22.6 Å². The fourth-order valence-electron chi connectivity index (χ4n) is 2.77. The van der Waals surface area contributed by atoms with Gasteiger partial charge in [-0.15, -0.1) is 0 Å². The van der Waals surface area contributed by atoms with Crippen LogP contribution in [0.5, 0.6) is 0 Å². The Balaban J connectivity index is 1.83. The Bertz CT molecular complexity index is 499. The number of rotatable bonds is 1. The summed E-state index contributed by atoms with van der Waals surface area (Å²) in [6, 6.07) is 3.33. The van der Waals surface area contributed by atoms with Crippen molar-refractivity contribution >= 4 is 27.7 Å². The van der Waals surface area contributed by atoms with Crippen molar-refractivity contribution in [2.75, 3.05) is 13.1 Å². The van der Waals surface area contributed by atoms with Crippen molar-refractivity contribution in [1.82, 2.24) is 10.2 Å². The predicted octanol–water partition coefficient (Wildman–Crippen LogP) is 1.39. The number of amides is 2. The SMILES string of the molecule is O=C1NCC2C1CCCN2C(=O)c1ccc(Br)o1. The van der Waals surface area contributed by atoms with Crippen LogP contribution in [0.25, 0.3) is 0 Å². The number of hydrogen-bond acceptors (Lipinski definition) is 3. The first-order chi connectivity index (χ1) is 8.66. The molecule has 0 aromatic carbocycles. The smallest absolute Gasteiger partial charge is 0.289 e. The average molecular weight is 313 g/mol. The van der Waals surface area contributed by atoms with Gasteiger partial charge < -0.3 is 14.6 Å². The highest BCUT2D eigenvalue weighted by Gasteiger charge is 2.43. The summed E-state index contributed by atoms with van der Waals surface area (Å²) in [5, 5.41) is 2.83. The normalized spacial score (nSPS) is 26.9. The molecule has 18 heavy (non-hydrogen) atoms. The topological polar surface area (TPSA) is 62.6 Å². The molecule has 2 amide bonds. The van der Waals surface area contributed by atoms with Crippen LogP contribution < -0.4 is 5.32 Å². The third-order valence-electron chi connectivity index (χ3n) is 3.65. The minimum Gasteiger partial charge on any atom is -0.444 e. The van der Waals surface area contributed by atoms with Crippen LogP contribution in [-0.2, 0) is 4.79 Å². The Morgan fingerprint density at radius 1 is 1.50 bits per heavy atom. The molecule has 96 valence electrons. The Morgan fingerprint density at radius 3 is 3.06 bits per heavy atom. The van der Waals surface area contributed by atoms with Gasteiger partial charge in [-0.1, -0.05) is 0 Å². The Kier molecular flexibility index (Phi) is 2.89. The predicted molar refractivity (Wildman–Crippen MR) is 67.0 cm³/mol. The van der Waals surface area contributed by atoms with E-state index in [1.807, 2.05) is 0 Å². The van der Waals surface area contributed by atoms with E-state index < -0.39 is 0 Å². The third-order valence-corrected chi connectivity index (χ3v) is 4.07. The van der Waals surface area contributed by atoms with E-state index in [0.717, 1.165) is 12.8 Å². The van der Waals surface area contributed by atoms with Gasteiger partial charge in [0.15, 0.2) is 10.4 Å². The standard InChI is InChI=1S/C12H13BrN2O3/c13-10-4-3-9(18-10)12(17)15-5-1-2-7-8(15)6-14-11(7)16/h3-4,7-8H,1-2,5-6H2,(H,14,16). The molecule has 0 saturated carbocycles. The molecular weight excluding hydrogens is 300 g/mol. The minimum absolute atomic E-state index is 0.0253. The molecule has 0 bridgehead atoms. The van der Waals surface area contributed by atoms with Crippen LogP contribution in [0.15, 0.2) is 21.2 Å². The second-order valence-electron chi connectivity index (χ2n) is 4.66. The first kappa shape index (κ1) is 11.8. The molecular formula is C12H13BrN2O3. The van der Waals surface area contributed by atoms with Gasteiger partial charge in [-0.05, 0) is 40.9 Å². The minimum atomic E-state index is -0.132. The molecule has 0 aliphatic carbocycles. The van der Waals surface area contributed by atoms with Gasteiger partial charge in [0.25, 0.3) is 5.91 Å². The molecule has 0 radical (unpaired) electrons. The number of fused-ring (bicyclic) bond motifs is 1. The van der Waals surface area contributed by atoms with Crippen LogP contribution in [0.2, 0.25) is 0 Å². The zero-order chi connectivity index (χ0) is 12.7. The van der Waals surface area contributed by atoms with Crippen LogP contribution in [-0.4, -0.2) is 35.8 Å². The summed E-state index contributed by atoms with van der Waals surface area (Å²) in [6.45, 7) is 1.24. The highest BCUT2D eigenvalue weighted by atomic mass is 79.9. The van der Waals surface area contributed by atoms with E-state index >= 15 is 0 Å². The van der Waals surface area contributed by atoms with Crippen LogP contribution in [0, 0.1) is 5.92 Å². The third kappa shape index (κ3) is 1.84. The lowest BCUT2D eigenvalue weighted by atomic mass is 9.91. The molecule has 2 aliphatic heterocycles. The van der Waals surface area contributed by atoms with Crippen LogP contribution in [0.3, 0.4) is 0 Å².